The summed E-state index contributed by atoms with van der Waals surface area (Å²) in [5, 5.41) is 2.59. The van der Waals surface area contributed by atoms with Gasteiger partial charge in [0.2, 0.25) is 0 Å². The predicted molar refractivity (Wildman–Crippen MR) is 98.8 cm³/mol. The van der Waals surface area contributed by atoms with Crippen molar-refractivity contribution in [1.82, 2.24) is 9.55 Å². The van der Waals surface area contributed by atoms with Crippen molar-refractivity contribution in [3.05, 3.63) is 50.9 Å². The summed E-state index contributed by atoms with van der Waals surface area (Å²) in [7, 11) is 0. The maximum Gasteiger partial charge on any atom is 0.262 e. The Morgan fingerprint density at radius 3 is 2.71 bits per heavy atom. The summed E-state index contributed by atoms with van der Waals surface area (Å²) < 4.78 is 14.4. The van der Waals surface area contributed by atoms with Gasteiger partial charge in [0, 0.05) is 17.4 Å². The highest BCUT2D eigenvalue weighted by atomic mass is 32.1. The second-order valence-corrected chi connectivity index (χ2v) is 6.91. The van der Waals surface area contributed by atoms with Crippen LogP contribution in [0.3, 0.4) is 0 Å². The Balaban J connectivity index is 2.26. The molecule has 2 heterocycles. The molecule has 3 rings (SSSR count). The van der Waals surface area contributed by atoms with Gasteiger partial charge in [-0.25, -0.2) is 9.37 Å². The highest BCUT2D eigenvalue weighted by Gasteiger charge is 2.16. The third kappa shape index (κ3) is 2.88. The number of aromatic nitrogens is 2. The Hall–Kier alpha value is -2.01. The Bertz CT molecular complexity index is 942. The van der Waals surface area contributed by atoms with Crippen molar-refractivity contribution in [3.63, 3.8) is 0 Å². The van der Waals surface area contributed by atoms with E-state index in [4.69, 9.17) is 0 Å². The molecular weight excluding hydrogens is 323 g/mol. The molecule has 0 saturated heterocycles. The monoisotopic (exact) mass is 344 g/mol. The van der Waals surface area contributed by atoms with E-state index >= 15 is 0 Å². The van der Waals surface area contributed by atoms with Crippen molar-refractivity contribution >= 4 is 21.6 Å². The summed E-state index contributed by atoms with van der Waals surface area (Å²) in [5.41, 5.74) is 4.18. The second kappa shape index (κ2) is 6.85. The normalized spacial score (nSPS) is 11.3. The highest BCUT2D eigenvalue weighted by molar-refractivity contribution is 7.17. The van der Waals surface area contributed by atoms with Crippen LogP contribution in [0.25, 0.3) is 21.3 Å². The van der Waals surface area contributed by atoms with Crippen LogP contribution in [0, 0.1) is 13.8 Å². The van der Waals surface area contributed by atoms with E-state index in [-0.39, 0.29) is 12.1 Å². The number of fused-ring (bicyclic) bond motifs is 1. The fourth-order valence-electron chi connectivity index (χ4n) is 2.92. The van der Waals surface area contributed by atoms with Crippen molar-refractivity contribution in [3.8, 4) is 11.1 Å². The van der Waals surface area contributed by atoms with Gasteiger partial charge in [0.05, 0.1) is 11.9 Å². The van der Waals surface area contributed by atoms with Crippen LogP contribution >= 0.6 is 11.3 Å². The smallest absolute Gasteiger partial charge is 0.262 e. The first kappa shape index (κ1) is 16.8. The van der Waals surface area contributed by atoms with Crippen LogP contribution in [-0.4, -0.2) is 16.2 Å². The predicted octanol–water partition coefficient (Wildman–Crippen LogP) is 4.66. The molecule has 24 heavy (non-hydrogen) atoms. The molecule has 5 heteroatoms. The number of aryl methyl sites for hydroxylation is 3. The summed E-state index contributed by atoms with van der Waals surface area (Å²) in [6.07, 6.45) is 1.56. The van der Waals surface area contributed by atoms with Crippen LogP contribution in [0.5, 0.6) is 0 Å². The summed E-state index contributed by atoms with van der Waals surface area (Å²) in [6.45, 7) is 5.67. The molecule has 1 aromatic carbocycles. The van der Waals surface area contributed by atoms with E-state index in [0.717, 1.165) is 22.4 Å². The molecule has 0 aliphatic rings. The molecule has 2 aromatic heterocycles. The molecule has 0 aliphatic carbocycles. The number of benzene rings is 1. The van der Waals surface area contributed by atoms with E-state index < -0.39 is 6.67 Å². The molecule has 0 amide bonds. The lowest BCUT2D eigenvalue weighted by Crippen LogP contribution is -2.26. The minimum Gasteiger partial charge on any atom is -0.293 e. The largest absolute Gasteiger partial charge is 0.293 e. The van der Waals surface area contributed by atoms with Crippen LogP contribution in [0.15, 0.2) is 28.4 Å². The van der Waals surface area contributed by atoms with Crippen molar-refractivity contribution in [2.45, 2.75) is 40.2 Å². The fraction of sp³-hybridized carbons (Fsp3) is 0.368. The maximum absolute atomic E-state index is 13.0. The lowest BCUT2D eigenvalue weighted by molar-refractivity contribution is 0.431. The molecule has 0 saturated carbocycles. The molecule has 0 unspecified atom stereocenters. The Labute approximate surface area is 144 Å². The second-order valence-electron chi connectivity index (χ2n) is 6.05. The number of hydrogen-bond acceptors (Lipinski definition) is 3. The summed E-state index contributed by atoms with van der Waals surface area (Å²) in [5.74, 6) is 0.682. The van der Waals surface area contributed by atoms with Crippen LogP contribution in [-0.2, 0) is 13.0 Å². The Kier molecular flexibility index (Phi) is 4.81. The third-order valence-electron chi connectivity index (χ3n) is 4.37. The van der Waals surface area contributed by atoms with Gasteiger partial charge in [-0.15, -0.1) is 11.3 Å². The maximum atomic E-state index is 13.0. The van der Waals surface area contributed by atoms with E-state index in [0.29, 0.717) is 17.6 Å². The topological polar surface area (TPSA) is 34.9 Å². The minimum atomic E-state index is -0.563. The van der Waals surface area contributed by atoms with Crippen LogP contribution < -0.4 is 5.56 Å². The van der Waals surface area contributed by atoms with Crippen molar-refractivity contribution in [1.29, 1.82) is 0 Å². The third-order valence-corrected chi connectivity index (χ3v) is 5.24. The molecule has 0 aliphatic heterocycles. The SMILES string of the molecule is CCCc1nc2scc(-c3ccc(C)c(C)c3)c2c(=O)n1CCF. The zero-order valence-electron chi connectivity index (χ0n) is 14.2. The first-order chi connectivity index (χ1) is 11.6. The quantitative estimate of drug-likeness (QED) is 0.674. The van der Waals surface area contributed by atoms with Crippen LogP contribution in [0.1, 0.15) is 30.3 Å². The molecule has 0 radical (unpaired) electrons. The van der Waals surface area contributed by atoms with Gasteiger partial charge in [-0.1, -0.05) is 25.1 Å². The molecule has 0 atom stereocenters. The van der Waals surface area contributed by atoms with Crippen molar-refractivity contribution < 1.29 is 4.39 Å². The zero-order chi connectivity index (χ0) is 17.3. The molecule has 0 spiro atoms. The molecule has 0 N–H and O–H groups in total. The van der Waals surface area contributed by atoms with Gasteiger partial charge in [0.15, 0.2) is 0 Å². The molecular formula is C19H21FN2OS. The first-order valence-corrected chi connectivity index (χ1v) is 9.09. The molecule has 0 bridgehead atoms. The van der Waals surface area contributed by atoms with E-state index in [9.17, 15) is 9.18 Å². The van der Waals surface area contributed by atoms with E-state index in [1.807, 2.05) is 18.4 Å². The van der Waals surface area contributed by atoms with Crippen molar-refractivity contribution in [2.75, 3.05) is 6.67 Å². The number of halogens is 1. The number of thiophene rings is 1. The first-order valence-electron chi connectivity index (χ1n) is 8.21. The lowest BCUT2D eigenvalue weighted by atomic mass is 10.0. The summed E-state index contributed by atoms with van der Waals surface area (Å²) >= 11 is 1.48. The lowest BCUT2D eigenvalue weighted by Gasteiger charge is -2.11. The standard InChI is InChI=1S/C19H21FN2OS/c1-4-5-16-21-18-17(19(23)22(16)9-8-20)15(11-24-18)14-7-6-12(2)13(3)10-14/h6-7,10-11H,4-5,8-9H2,1-3H3. The van der Waals surface area contributed by atoms with E-state index in [1.165, 1.54) is 27.0 Å². The van der Waals surface area contributed by atoms with Gasteiger partial charge >= 0.3 is 0 Å². The number of rotatable bonds is 5. The van der Waals surface area contributed by atoms with Crippen LogP contribution in [0.4, 0.5) is 4.39 Å². The number of alkyl halides is 1. The van der Waals surface area contributed by atoms with Gasteiger partial charge in [0.1, 0.15) is 17.3 Å². The van der Waals surface area contributed by atoms with Crippen LogP contribution in [0.2, 0.25) is 0 Å². The Morgan fingerprint density at radius 2 is 2.04 bits per heavy atom. The molecule has 126 valence electrons. The van der Waals surface area contributed by atoms with Gasteiger partial charge in [-0.3, -0.25) is 9.36 Å². The average molecular weight is 344 g/mol. The average Bonchev–Trinajstić information content (AvgIpc) is 2.98. The van der Waals surface area contributed by atoms with Gasteiger partial charge in [-0.05, 0) is 37.0 Å². The van der Waals surface area contributed by atoms with Gasteiger partial charge in [-0.2, -0.15) is 0 Å². The summed E-state index contributed by atoms with van der Waals surface area (Å²) in [6, 6.07) is 6.19. The minimum absolute atomic E-state index is 0.0688. The highest BCUT2D eigenvalue weighted by Crippen LogP contribution is 2.32. The molecule has 3 aromatic rings. The zero-order valence-corrected chi connectivity index (χ0v) is 15.0. The molecule has 0 fully saturated rings. The number of nitrogens with zero attached hydrogens (tertiary/aromatic N) is 2. The van der Waals surface area contributed by atoms with Gasteiger partial charge < -0.3 is 0 Å². The van der Waals surface area contributed by atoms with Crippen molar-refractivity contribution in [2.24, 2.45) is 0 Å². The molecule has 3 nitrogen and oxygen atoms in total. The fourth-order valence-corrected chi connectivity index (χ4v) is 3.87. The van der Waals surface area contributed by atoms with Gasteiger partial charge in [0.25, 0.3) is 5.56 Å². The van der Waals surface area contributed by atoms with E-state index in [2.05, 4.69) is 31.0 Å². The number of hydrogen-bond donors (Lipinski definition) is 0. The Morgan fingerprint density at radius 1 is 1.25 bits per heavy atom. The summed E-state index contributed by atoms with van der Waals surface area (Å²) in [4.78, 5) is 18.4. The van der Waals surface area contributed by atoms with E-state index in [1.54, 1.807) is 0 Å².